The minimum Gasteiger partial charge on any atom is -0.477 e. The highest BCUT2D eigenvalue weighted by atomic mass is 16.6. The van der Waals surface area contributed by atoms with Gasteiger partial charge in [-0.25, -0.2) is 0 Å². The van der Waals surface area contributed by atoms with Crippen LogP contribution in [0.3, 0.4) is 0 Å². The predicted molar refractivity (Wildman–Crippen MR) is 58.1 cm³/mol. The highest BCUT2D eigenvalue weighted by Crippen LogP contribution is 2.32. The first-order valence-corrected chi connectivity index (χ1v) is 5.20. The summed E-state index contributed by atoms with van der Waals surface area (Å²) in [5, 5.41) is 10.6. The van der Waals surface area contributed by atoms with E-state index in [-0.39, 0.29) is 17.4 Å². The molecule has 1 aliphatic carbocycles. The van der Waals surface area contributed by atoms with E-state index in [1.54, 1.807) is 0 Å². The van der Waals surface area contributed by atoms with E-state index in [4.69, 9.17) is 10.5 Å². The SMILES string of the molecule is Nc1cc([N+](=O)[O-])cc(OCCC2CC2)n1. The summed E-state index contributed by atoms with van der Waals surface area (Å²) in [7, 11) is 0. The predicted octanol–water partition coefficient (Wildman–Crippen LogP) is 1.75. The number of nitro groups is 1. The molecule has 0 aromatic carbocycles. The van der Waals surface area contributed by atoms with E-state index in [2.05, 4.69) is 4.98 Å². The third-order valence-corrected chi connectivity index (χ3v) is 2.49. The van der Waals surface area contributed by atoms with Gasteiger partial charge in [0.2, 0.25) is 5.88 Å². The molecule has 2 rings (SSSR count). The van der Waals surface area contributed by atoms with Crippen LogP contribution in [0.1, 0.15) is 19.3 Å². The van der Waals surface area contributed by atoms with Gasteiger partial charge in [0.1, 0.15) is 5.82 Å². The van der Waals surface area contributed by atoms with Crippen molar-refractivity contribution < 1.29 is 9.66 Å². The van der Waals surface area contributed by atoms with Gasteiger partial charge in [-0.3, -0.25) is 10.1 Å². The first-order valence-electron chi connectivity index (χ1n) is 5.20. The Bertz CT molecular complexity index is 404. The summed E-state index contributed by atoms with van der Waals surface area (Å²) in [4.78, 5) is 13.9. The molecule has 2 N–H and O–H groups in total. The van der Waals surface area contributed by atoms with Crippen LogP contribution in [0.5, 0.6) is 5.88 Å². The summed E-state index contributed by atoms with van der Waals surface area (Å²) in [6.07, 6.45) is 3.49. The van der Waals surface area contributed by atoms with Crippen LogP contribution in [-0.2, 0) is 0 Å². The summed E-state index contributed by atoms with van der Waals surface area (Å²) in [6, 6.07) is 2.51. The van der Waals surface area contributed by atoms with Crippen LogP contribution in [0.2, 0.25) is 0 Å². The second-order valence-electron chi connectivity index (χ2n) is 3.93. The van der Waals surface area contributed by atoms with Crippen molar-refractivity contribution in [3.8, 4) is 5.88 Å². The van der Waals surface area contributed by atoms with Gasteiger partial charge in [0, 0.05) is 0 Å². The molecule has 86 valence electrons. The average Bonchev–Trinajstić information content (AvgIpc) is 3.01. The molecule has 0 atom stereocenters. The van der Waals surface area contributed by atoms with Crippen LogP contribution < -0.4 is 10.5 Å². The Morgan fingerprint density at radius 1 is 1.56 bits per heavy atom. The minimum atomic E-state index is -0.508. The zero-order valence-corrected chi connectivity index (χ0v) is 8.76. The van der Waals surface area contributed by atoms with Crippen molar-refractivity contribution in [1.29, 1.82) is 0 Å². The third kappa shape index (κ3) is 2.82. The number of nitrogens with two attached hydrogens (primary N) is 1. The van der Waals surface area contributed by atoms with Gasteiger partial charge in [-0.05, 0) is 12.3 Å². The van der Waals surface area contributed by atoms with Crippen LogP contribution >= 0.6 is 0 Å². The maximum absolute atomic E-state index is 10.6. The van der Waals surface area contributed by atoms with Crippen molar-refractivity contribution in [2.75, 3.05) is 12.3 Å². The molecule has 0 spiro atoms. The second kappa shape index (κ2) is 4.34. The minimum absolute atomic E-state index is 0.0890. The lowest BCUT2D eigenvalue weighted by atomic mass is 10.3. The number of aromatic nitrogens is 1. The van der Waals surface area contributed by atoms with Gasteiger partial charge in [-0.2, -0.15) is 4.98 Å². The number of rotatable bonds is 5. The quantitative estimate of drug-likeness (QED) is 0.606. The Labute approximate surface area is 92.6 Å². The van der Waals surface area contributed by atoms with Crippen molar-refractivity contribution in [3.63, 3.8) is 0 Å². The molecule has 6 heteroatoms. The third-order valence-electron chi connectivity index (χ3n) is 2.49. The molecule has 1 heterocycles. The fourth-order valence-corrected chi connectivity index (χ4v) is 1.43. The van der Waals surface area contributed by atoms with E-state index in [1.165, 1.54) is 25.0 Å². The standard InChI is InChI=1S/C10H13N3O3/c11-9-5-8(13(14)15)6-10(12-9)16-4-3-7-1-2-7/h5-7H,1-4H2,(H2,11,12). The second-order valence-corrected chi connectivity index (χ2v) is 3.93. The van der Waals surface area contributed by atoms with Crippen LogP contribution in [0, 0.1) is 16.0 Å². The number of nitrogen functional groups attached to an aromatic ring is 1. The smallest absolute Gasteiger partial charge is 0.278 e. The zero-order chi connectivity index (χ0) is 11.5. The first kappa shape index (κ1) is 10.7. The van der Waals surface area contributed by atoms with Gasteiger partial charge >= 0.3 is 0 Å². The summed E-state index contributed by atoms with van der Waals surface area (Å²) in [5.41, 5.74) is 5.36. The maximum atomic E-state index is 10.6. The van der Waals surface area contributed by atoms with Crippen LogP contribution in [0.25, 0.3) is 0 Å². The Morgan fingerprint density at radius 3 is 2.94 bits per heavy atom. The fraction of sp³-hybridized carbons (Fsp3) is 0.500. The summed E-state index contributed by atoms with van der Waals surface area (Å²) < 4.78 is 5.33. The van der Waals surface area contributed by atoms with Crippen molar-refractivity contribution >= 4 is 11.5 Å². The number of hydrogen-bond acceptors (Lipinski definition) is 5. The molecule has 1 aromatic rings. The molecule has 0 radical (unpaired) electrons. The number of anilines is 1. The van der Waals surface area contributed by atoms with Gasteiger partial charge in [-0.15, -0.1) is 0 Å². The molecule has 1 aliphatic rings. The molecule has 0 amide bonds. The zero-order valence-electron chi connectivity index (χ0n) is 8.76. The highest BCUT2D eigenvalue weighted by Gasteiger charge is 2.21. The van der Waals surface area contributed by atoms with E-state index in [9.17, 15) is 10.1 Å². The summed E-state index contributed by atoms with van der Waals surface area (Å²) in [5.74, 6) is 1.10. The Hall–Kier alpha value is -1.85. The van der Waals surface area contributed by atoms with Crippen molar-refractivity contribution in [3.05, 3.63) is 22.2 Å². The van der Waals surface area contributed by atoms with E-state index in [0.717, 1.165) is 12.3 Å². The number of ether oxygens (including phenoxy) is 1. The van der Waals surface area contributed by atoms with E-state index in [0.29, 0.717) is 6.61 Å². The van der Waals surface area contributed by atoms with Gasteiger partial charge in [0.25, 0.3) is 5.69 Å². The van der Waals surface area contributed by atoms with Gasteiger partial charge < -0.3 is 10.5 Å². The van der Waals surface area contributed by atoms with Crippen LogP contribution in [0.4, 0.5) is 11.5 Å². The number of nitrogens with zero attached hydrogens (tertiary/aromatic N) is 2. The van der Waals surface area contributed by atoms with Gasteiger partial charge in [0.05, 0.1) is 23.7 Å². The van der Waals surface area contributed by atoms with E-state index in [1.807, 2.05) is 0 Å². The molecule has 0 unspecified atom stereocenters. The lowest BCUT2D eigenvalue weighted by molar-refractivity contribution is -0.384. The molecular formula is C10H13N3O3. The normalized spacial score (nSPS) is 14.8. The topological polar surface area (TPSA) is 91.3 Å². The molecule has 6 nitrogen and oxygen atoms in total. The largest absolute Gasteiger partial charge is 0.477 e. The Kier molecular flexibility index (Phi) is 2.89. The van der Waals surface area contributed by atoms with Crippen LogP contribution in [-0.4, -0.2) is 16.5 Å². The fourth-order valence-electron chi connectivity index (χ4n) is 1.43. The summed E-state index contributed by atoms with van der Waals surface area (Å²) in [6.45, 7) is 0.540. The molecule has 1 fully saturated rings. The van der Waals surface area contributed by atoms with Gasteiger partial charge in [-0.1, -0.05) is 12.8 Å². The number of hydrogen-bond donors (Lipinski definition) is 1. The van der Waals surface area contributed by atoms with E-state index >= 15 is 0 Å². The Morgan fingerprint density at radius 2 is 2.31 bits per heavy atom. The number of pyridine rings is 1. The maximum Gasteiger partial charge on any atom is 0.278 e. The van der Waals surface area contributed by atoms with Crippen LogP contribution in [0.15, 0.2) is 12.1 Å². The molecule has 1 aromatic heterocycles. The average molecular weight is 223 g/mol. The van der Waals surface area contributed by atoms with Crippen molar-refractivity contribution in [2.24, 2.45) is 5.92 Å². The van der Waals surface area contributed by atoms with Crippen molar-refractivity contribution in [2.45, 2.75) is 19.3 Å². The molecule has 0 bridgehead atoms. The van der Waals surface area contributed by atoms with Crippen molar-refractivity contribution in [1.82, 2.24) is 4.98 Å². The lowest BCUT2D eigenvalue weighted by Crippen LogP contribution is -2.02. The van der Waals surface area contributed by atoms with E-state index < -0.39 is 4.92 Å². The van der Waals surface area contributed by atoms with Gasteiger partial charge in [0.15, 0.2) is 0 Å². The highest BCUT2D eigenvalue weighted by molar-refractivity contribution is 5.45. The first-order chi connectivity index (χ1) is 7.65. The molecule has 0 saturated heterocycles. The molecular weight excluding hydrogens is 210 g/mol. The molecule has 16 heavy (non-hydrogen) atoms. The lowest BCUT2D eigenvalue weighted by Gasteiger charge is -2.04. The Balaban J connectivity index is 1.98. The molecule has 0 aliphatic heterocycles. The monoisotopic (exact) mass is 223 g/mol. The molecule has 1 saturated carbocycles. The summed E-state index contributed by atoms with van der Waals surface area (Å²) >= 11 is 0.